The van der Waals surface area contributed by atoms with Crippen molar-refractivity contribution in [1.29, 1.82) is 0 Å². The maximum Gasteiger partial charge on any atom is 0.273 e. The molecule has 1 N–H and O–H groups in total. The van der Waals surface area contributed by atoms with Crippen molar-refractivity contribution in [2.24, 2.45) is 0 Å². The molecule has 1 fully saturated rings. The van der Waals surface area contributed by atoms with Gasteiger partial charge in [0.15, 0.2) is 5.13 Å². The lowest BCUT2D eigenvalue weighted by Gasteiger charge is -2.36. The Morgan fingerprint density at radius 2 is 1.93 bits per heavy atom. The molecule has 0 bridgehead atoms. The predicted molar refractivity (Wildman–Crippen MR) is 112 cm³/mol. The van der Waals surface area contributed by atoms with Crippen LogP contribution < -0.4 is 10.2 Å². The second-order valence-electron chi connectivity index (χ2n) is 6.45. The third kappa shape index (κ3) is 4.07. The number of halogens is 1. The van der Waals surface area contributed by atoms with Crippen LogP contribution in [0.4, 0.5) is 16.8 Å². The second kappa shape index (κ2) is 8.12. The molecule has 0 unspecified atom stereocenters. The van der Waals surface area contributed by atoms with Gasteiger partial charge in [-0.05, 0) is 30.7 Å². The molecule has 3 heterocycles. The van der Waals surface area contributed by atoms with Crippen molar-refractivity contribution >= 4 is 45.6 Å². The van der Waals surface area contributed by atoms with Gasteiger partial charge < -0.3 is 15.1 Å². The smallest absolute Gasteiger partial charge is 0.273 e. The van der Waals surface area contributed by atoms with Gasteiger partial charge in [0, 0.05) is 54.7 Å². The van der Waals surface area contributed by atoms with Gasteiger partial charge >= 0.3 is 0 Å². The zero-order valence-corrected chi connectivity index (χ0v) is 16.9. The van der Waals surface area contributed by atoms with Crippen molar-refractivity contribution in [1.82, 2.24) is 19.9 Å². The molecule has 4 rings (SSSR count). The highest BCUT2D eigenvalue weighted by Crippen LogP contribution is 2.26. The molecule has 1 aliphatic rings. The normalized spacial score (nSPS) is 14.2. The van der Waals surface area contributed by atoms with Crippen molar-refractivity contribution in [2.75, 3.05) is 36.4 Å². The molecule has 28 heavy (non-hydrogen) atoms. The number of aryl methyl sites for hydroxylation is 1. The first kappa shape index (κ1) is 18.6. The van der Waals surface area contributed by atoms with Crippen LogP contribution in [-0.2, 0) is 0 Å². The molecule has 1 saturated heterocycles. The van der Waals surface area contributed by atoms with E-state index in [2.05, 4.69) is 32.1 Å². The summed E-state index contributed by atoms with van der Waals surface area (Å²) in [7, 11) is 0. The first-order valence-corrected chi connectivity index (χ1v) is 10.2. The number of carbonyl (C=O) groups is 1. The fourth-order valence-electron chi connectivity index (χ4n) is 3.12. The summed E-state index contributed by atoms with van der Waals surface area (Å²) in [6.45, 7) is 4.89. The Hall–Kier alpha value is -2.71. The lowest BCUT2D eigenvalue weighted by atomic mass is 10.1. The fraction of sp³-hybridized carbons (Fsp3) is 0.263. The summed E-state index contributed by atoms with van der Waals surface area (Å²) in [5.41, 5.74) is 2.75. The Morgan fingerprint density at radius 3 is 2.68 bits per heavy atom. The summed E-state index contributed by atoms with van der Waals surface area (Å²) in [5.74, 6) is 0.405. The molecule has 144 valence electrons. The highest BCUT2D eigenvalue weighted by molar-refractivity contribution is 7.14. The van der Waals surface area contributed by atoms with Crippen molar-refractivity contribution in [3.63, 3.8) is 0 Å². The van der Waals surface area contributed by atoms with Crippen molar-refractivity contribution in [3.8, 4) is 0 Å². The Bertz CT molecular complexity index is 972. The van der Waals surface area contributed by atoms with Gasteiger partial charge in [-0.15, -0.1) is 11.3 Å². The zero-order chi connectivity index (χ0) is 19.5. The van der Waals surface area contributed by atoms with Gasteiger partial charge in [0.2, 0.25) is 5.95 Å². The SMILES string of the molecule is Cc1ccc(Cl)cc1N1CCN(C(=O)c2csc(Nc3ncccn3)n2)CC1. The monoisotopic (exact) mass is 414 g/mol. The van der Waals surface area contributed by atoms with Crippen LogP contribution in [0.5, 0.6) is 0 Å². The number of hydrogen-bond acceptors (Lipinski definition) is 7. The van der Waals surface area contributed by atoms with E-state index in [1.165, 1.54) is 16.9 Å². The van der Waals surface area contributed by atoms with Gasteiger partial charge in [0.25, 0.3) is 5.91 Å². The van der Waals surface area contributed by atoms with E-state index >= 15 is 0 Å². The largest absolute Gasteiger partial charge is 0.368 e. The van der Waals surface area contributed by atoms with Gasteiger partial charge in [-0.3, -0.25) is 4.79 Å². The van der Waals surface area contributed by atoms with Crippen LogP contribution in [0.3, 0.4) is 0 Å². The van der Waals surface area contributed by atoms with Gasteiger partial charge in [0.05, 0.1) is 0 Å². The molecule has 0 spiro atoms. The highest BCUT2D eigenvalue weighted by atomic mass is 35.5. The Kier molecular flexibility index (Phi) is 5.40. The molecule has 0 atom stereocenters. The van der Waals surface area contributed by atoms with E-state index in [0.29, 0.717) is 29.9 Å². The van der Waals surface area contributed by atoms with Crippen molar-refractivity contribution < 1.29 is 4.79 Å². The maximum atomic E-state index is 12.8. The molecule has 1 amide bonds. The minimum atomic E-state index is -0.0549. The topological polar surface area (TPSA) is 74.2 Å². The Labute approximate surface area is 172 Å². The van der Waals surface area contributed by atoms with E-state index in [9.17, 15) is 4.79 Å². The summed E-state index contributed by atoms with van der Waals surface area (Å²) in [6.07, 6.45) is 3.30. The number of hydrogen-bond donors (Lipinski definition) is 1. The van der Waals surface area contributed by atoms with Gasteiger partial charge in [-0.1, -0.05) is 17.7 Å². The van der Waals surface area contributed by atoms with E-state index < -0.39 is 0 Å². The third-order valence-corrected chi connectivity index (χ3v) is 5.58. The Balaban J connectivity index is 1.38. The number of aromatic nitrogens is 3. The number of piperazine rings is 1. The zero-order valence-electron chi connectivity index (χ0n) is 15.3. The summed E-state index contributed by atoms with van der Waals surface area (Å²) in [6, 6.07) is 7.65. The molecule has 7 nitrogen and oxygen atoms in total. The quantitative estimate of drug-likeness (QED) is 0.703. The number of benzene rings is 1. The van der Waals surface area contributed by atoms with Crippen molar-refractivity contribution in [2.45, 2.75) is 6.92 Å². The summed E-state index contributed by atoms with van der Waals surface area (Å²) in [5, 5.41) is 6.11. The van der Waals surface area contributed by atoms with Crippen LogP contribution in [-0.4, -0.2) is 51.9 Å². The van der Waals surface area contributed by atoms with Crippen LogP contribution in [0.25, 0.3) is 0 Å². The molecule has 0 saturated carbocycles. The maximum absolute atomic E-state index is 12.8. The summed E-state index contributed by atoms with van der Waals surface area (Å²) >= 11 is 7.51. The second-order valence-corrected chi connectivity index (χ2v) is 7.74. The molecule has 0 aliphatic carbocycles. The predicted octanol–water partition coefficient (Wildman–Crippen LogP) is 3.60. The number of amides is 1. The molecule has 0 radical (unpaired) electrons. The van der Waals surface area contributed by atoms with E-state index in [4.69, 9.17) is 11.6 Å². The number of nitrogens with zero attached hydrogens (tertiary/aromatic N) is 5. The molecule has 3 aromatic rings. The first-order valence-electron chi connectivity index (χ1n) is 8.90. The van der Waals surface area contributed by atoms with Crippen LogP contribution in [0.1, 0.15) is 16.1 Å². The van der Waals surface area contributed by atoms with Gasteiger partial charge in [0.1, 0.15) is 5.69 Å². The Morgan fingerprint density at radius 1 is 1.18 bits per heavy atom. The van der Waals surface area contributed by atoms with Crippen LogP contribution in [0.15, 0.2) is 42.0 Å². The van der Waals surface area contributed by atoms with Crippen LogP contribution >= 0.6 is 22.9 Å². The third-order valence-electron chi connectivity index (χ3n) is 4.59. The fourth-order valence-corrected chi connectivity index (χ4v) is 3.97. The van der Waals surface area contributed by atoms with E-state index in [-0.39, 0.29) is 5.91 Å². The van der Waals surface area contributed by atoms with Crippen molar-refractivity contribution in [3.05, 3.63) is 58.3 Å². The molecular formula is C19H19ClN6OS. The van der Waals surface area contributed by atoms with E-state index in [0.717, 1.165) is 23.8 Å². The summed E-state index contributed by atoms with van der Waals surface area (Å²) < 4.78 is 0. The minimum absolute atomic E-state index is 0.0549. The first-order chi connectivity index (χ1) is 13.6. The average Bonchev–Trinajstić information content (AvgIpc) is 3.18. The van der Waals surface area contributed by atoms with Crippen LogP contribution in [0.2, 0.25) is 5.02 Å². The van der Waals surface area contributed by atoms with E-state index in [1.54, 1.807) is 23.8 Å². The standard InChI is InChI=1S/C19H19ClN6OS/c1-13-3-4-14(20)11-16(13)25-7-9-26(10-8-25)17(27)15-12-28-19(23-15)24-18-21-5-2-6-22-18/h2-6,11-12H,7-10H2,1H3,(H,21,22,23,24). The summed E-state index contributed by atoms with van der Waals surface area (Å²) in [4.78, 5) is 29.5. The molecular weight excluding hydrogens is 396 g/mol. The lowest BCUT2D eigenvalue weighted by molar-refractivity contribution is 0.0742. The highest BCUT2D eigenvalue weighted by Gasteiger charge is 2.24. The number of nitrogens with one attached hydrogen (secondary N) is 1. The molecule has 2 aromatic heterocycles. The van der Waals surface area contributed by atoms with E-state index in [1.807, 2.05) is 23.1 Å². The minimum Gasteiger partial charge on any atom is -0.368 e. The number of anilines is 3. The van der Waals surface area contributed by atoms with Gasteiger partial charge in [-0.2, -0.15) is 0 Å². The number of thiazole rings is 1. The van der Waals surface area contributed by atoms with Crippen LogP contribution in [0, 0.1) is 6.92 Å². The number of rotatable bonds is 4. The molecule has 9 heteroatoms. The molecule has 1 aliphatic heterocycles. The number of carbonyl (C=O) groups excluding carboxylic acids is 1. The van der Waals surface area contributed by atoms with Gasteiger partial charge in [-0.25, -0.2) is 15.0 Å². The average molecular weight is 415 g/mol. The lowest BCUT2D eigenvalue weighted by Crippen LogP contribution is -2.49. The molecule has 1 aromatic carbocycles.